The first-order valence-electron chi connectivity index (χ1n) is 10.5. The summed E-state index contributed by atoms with van der Waals surface area (Å²) in [5.41, 5.74) is 1.72. The molecule has 0 unspecified atom stereocenters. The predicted molar refractivity (Wildman–Crippen MR) is 115 cm³/mol. The van der Waals surface area contributed by atoms with Crippen molar-refractivity contribution in [3.63, 3.8) is 0 Å². The zero-order chi connectivity index (χ0) is 24.5. The second-order valence-corrected chi connectivity index (χ2v) is 9.50. The summed E-state index contributed by atoms with van der Waals surface area (Å²) in [6.45, 7) is 6.46. The number of benzene rings is 1. The molecule has 0 spiro atoms. The molecule has 0 saturated heterocycles. The second-order valence-electron chi connectivity index (χ2n) is 7.58. The van der Waals surface area contributed by atoms with Crippen LogP contribution in [-0.4, -0.2) is 57.8 Å². The molecule has 0 N–H and O–H groups in total. The van der Waals surface area contributed by atoms with Crippen molar-refractivity contribution in [2.45, 2.75) is 52.4 Å². The van der Waals surface area contributed by atoms with Crippen LogP contribution in [-0.2, 0) is 0 Å². The van der Waals surface area contributed by atoms with Crippen LogP contribution in [0.5, 0.6) is 0 Å². The van der Waals surface area contributed by atoms with E-state index in [-0.39, 0.29) is 0 Å². The van der Waals surface area contributed by atoms with Gasteiger partial charge in [-0.3, -0.25) is 4.84 Å². The van der Waals surface area contributed by atoms with Crippen LogP contribution in [0.25, 0.3) is 11.0 Å². The first kappa shape index (κ1) is 27.9. The van der Waals surface area contributed by atoms with Gasteiger partial charge in [-0.05, 0) is 43.0 Å². The third-order valence-electron chi connectivity index (χ3n) is 4.21. The minimum absolute atomic E-state index is 0.822. The number of nitrogens with zero attached hydrogens (tertiary/aromatic N) is 5. The fraction of sp³-hybridized carbons (Fsp3) is 0.632. The summed E-state index contributed by atoms with van der Waals surface area (Å²) in [6.07, 6.45) is 7.24. The maximum atomic E-state index is 9.87. The molecule has 0 atom stereocenters. The molecule has 0 aliphatic rings. The molecule has 0 aliphatic heterocycles. The molecule has 2 aromatic rings. The van der Waals surface area contributed by atoms with Crippen LogP contribution < -0.4 is 4.84 Å². The van der Waals surface area contributed by atoms with E-state index in [1.165, 1.54) is 43.4 Å². The number of unbranched alkanes of at least 4 members (excludes halogenated alkanes) is 4. The summed E-state index contributed by atoms with van der Waals surface area (Å²) in [6, 6.07) is 8.67. The molecule has 186 valence electrons. The summed E-state index contributed by atoms with van der Waals surface area (Å²) in [5.74, 6) is 0. The topological polar surface area (TPSA) is 46.2 Å². The van der Waals surface area contributed by atoms with Crippen LogP contribution in [0.2, 0.25) is 0 Å². The van der Waals surface area contributed by atoms with Gasteiger partial charge in [-0.15, -0.1) is 5.10 Å². The van der Waals surface area contributed by atoms with Gasteiger partial charge < -0.3 is 0 Å². The van der Waals surface area contributed by atoms with E-state index in [0.717, 1.165) is 30.1 Å². The van der Waals surface area contributed by atoms with Crippen molar-refractivity contribution < 1.29 is 34.6 Å². The zero-order valence-electron chi connectivity index (χ0n) is 18.8. The number of halogens is 6. The fourth-order valence-corrected chi connectivity index (χ4v) is 2.82. The van der Waals surface area contributed by atoms with Crippen molar-refractivity contribution in [3.8, 4) is 0 Å². The average Bonchev–Trinajstić information content (AvgIpc) is 3.06. The molecule has 1 heterocycles. The Kier molecular flexibility index (Phi) is 9.32. The van der Waals surface area contributed by atoms with E-state index in [1.807, 2.05) is 42.9 Å². The van der Waals surface area contributed by atoms with E-state index in [4.69, 9.17) is 4.84 Å². The van der Waals surface area contributed by atoms with Crippen LogP contribution in [0.15, 0.2) is 24.3 Å². The quantitative estimate of drug-likeness (QED) is 0.0997. The van der Waals surface area contributed by atoms with Crippen molar-refractivity contribution in [2.24, 2.45) is 0 Å². The van der Waals surface area contributed by atoms with Crippen molar-refractivity contribution in [3.05, 3.63) is 24.3 Å². The Morgan fingerprint density at radius 2 is 1.44 bits per heavy atom. The van der Waals surface area contributed by atoms with E-state index in [9.17, 15) is 25.2 Å². The third kappa shape index (κ3) is 12.7. The number of aromatic nitrogens is 3. The fourth-order valence-electron chi connectivity index (χ4n) is 2.82. The van der Waals surface area contributed by atoms with Crippen molar-refractivity contribution in [2.75, 3.05) is 27.2 Å². The number of hydrogen-bond donors (Lipinski definition) is 0. The molecule has 1 aromatic heterocycles. The van der Waals surface area contributed by atoms with Crippen molar-refractivity contribution >= 4 is 24.9 Å². The molecule has 6 nitrogen and oxygen atoms in total. The molecule has 0 bridgehead atoms. The van der Waals surface area contributed by atoms with Gasteiger partial charge in [0.1, 0.15) is 11.0 Å². The minimum atomic E-state index is -10.7. The van der Waals surface area contributed by atoms with Gasteiger partial charge in [-0.2, -0.15) is 0 Å². The van der Waals surface area contributed by atoms with Crippen LogP contribution in [0.4, 0.5) is 25.2 Å². The Balaban J connectivity index is 0.000000633. The first-order valence-corrected chi connectivity index (χ1v) is 12.5. The molecule has 0 radical (unpaired) electrons. The van der Waals surface area contributed by atoms with Gasteiger partial charge in [0.2, 0.25) is 0 Å². The molecular formula is C19H32F6N5OP. The average molecular weight is 491 g/mol. The standard InChI is InChI=1S/C19H32N5O.F6P/c1-5-7-11-15-23(16-12-8-6-2)19(22(3)4)25-24-18-14-10-9-13-17(18)20-21-24;1-7(2,3,4,5)6/h9-10,13-14H,5-8,11-12,15-16H2,1-4H3;/q+1;-1. The monoisotopic (exact) mass is 491 g/mol. The van der Waals surface area contributed by atoms with Gasteiger partial charge in [-0.1, -0.05) is 43.7 Å². The Morgan fingerprint density at radius 1 is 0.938 bits per heavy atom. The number of amidine groups is 1. The molecule has 2 rings (SSSR count). The van der Waals surface area contributed by atoms with Gasteiger partial charge in [-0.25, -0.2) is 9.48 Å². The van der Waals surface area contributed by atoms with Crippen molar-refractivity contribution in [1.82, 2.24) is 20.1 Å². The van der Waals surface area contributed by atoms with Crippen molar-refractivity contribution in [1.29, 1.82) is 0 Å². The molecule has 0 saturated carbocycles. The maximum absolute atomic E-state index is 10.7. The molecule has 1 aromatic carbocycles. The number of para-hydroxylation sites is 1. The molecule has 0 fully saturated rings. The Bertz CT molecular complexity index is 860. The predicted octanol–water partition coefficient (Wildman–Crippen LogP) is 6.55. The normalized spacial score (nSPS) is 13.6. The third-order valence-corrected chi connectivity index (χ3v) is 4.21. The van der Waals surface area contributed by atoms with Crippen LogP contribution >= 0.6 is 7.81 Å². The van der Waals surface area contributed by atoms with Gasteiger partial charge in [0.05, 0.1) is 27.2 Å². The molecule has 32 heavy (non-hydrogen) atoms. The summed E-state index contributed by atoms with van der Waals surface area (Å²) in [5, 5.41) is 8.34. The summed E-state index contributed by atoms with van der Waals surface area (Å²) in [4.78, 5) is 10.0. The Hall–Kier alpha value is -2.10. The molecule has 13 heteroatoms. The van der Waals surface area contributed by atoms with E-state index in [0.29, 0.717) is 0 Å². The van der Waals surface area contributed by atoms with E-state index in [1.54, 1.807) is 0 Å². The summed E-state index contributed by atoms with van der Waals surface area (Å²) >= 11 is 0. The van der Waals surface area contributed by atoms with Gasteiger partial charge in [0.25, 0.3) is 0 Å². The number of fused-ring (bicyclic) bond motifs is 1. The molecule has 0 aliphatic carbocycles. The van der Waals surface area contributed by atoms with E-state index in [2.05, 4.69) is 29.1 Å². The van der Waals surface area contributed by atoms with Crippen LogP contribution in [0.3, 0.4) is 0 Å². The van der Waals surface area contributed by atoms with Gasteiger partial charge in [0.15, 0.2) is 0 Å². The summed E-state index contributed by atoms with van der Waals surface area (Å²) < 4.78 is 61.2. The van der Waals surface area contributed by atoms with Gasteiger partial charge in [0, 0.05) is 0 Å². The molecular weight excluding hydrogens is 459 g/mol. The SMILES string of the molecule is CCCCCN(CCCCC)C(On1nnc2ccccc21)=[N+](C)C.F[P-](F)(F)(F)(F)F. The zero-order valence-corrected chi connectivity index (χ0v) is 19.7. The van der Waals surface area contributed by atoms with Gasteiger partial charge >= 0.3 is 39.0 Å². The summed E-state index contributed by atoms with van der Waals surface area (Å²) in [7, 11) is -6.63. The van der Waals surface area contributed by atoms with E-state index >= 15 is 0 Å². The first-order chi connectivity index (χ1) is 14.6. The Labute approximate surface area is 184 Å². The number of rotatable bonds is 9. The van der Waals surface area contributed by atoms with Crippen LogP contribution in [0.1, 0.15) is 52.4 Å². The second kappa shape index (κ2) is 10.7. The molecule has 0 amide bonds. The van der Waals surface area contributed by atoms with Crippen LogP contribution in [0, 0.1) is 0 Å². The Morgan fingerprint density at radius 3 is 1.91 bits per heavy atom. The van der Waals surface area contributed by atoms with E-state index < -0.39 is 7.81 Å². The number of hydrogen-bond acceptors (Lipinski definition) is 3.